The Morgan fingerprint density at radius 2 is 2.11 bits per heavy atom. The minimum Gasteiger partial charge on any atom is -0.491 e. The molecule has 1 atom stereocenters. The molecular formula is C15H20N2O. The fourth-order valence-corrected chi connectivity index (χ4v) is 2.01. The highest BCUT2D eigenvalue weighted by Gasteiger charge is 2.04. The van der Waals surface area contributed by atoms with E-state index in [1.165, 1.54) is 0 Å². The van der Waals surface area contributed by atoms with E-state index in [-0.39, 0.29) is 0 Å². The molecule has 0 aliphatic heterocycles. The summed E-state index contributed by atoms with van der Waals surface area (Å²) in [5.74, 6) is 1.50. The average Bonchev–Trinajstić information content (AvgIpc) is 2.39. The van der Waals surface area contributed by atoms with E-state index < -0.39 is 0 Å². The van der Waals surface area contributed by atoms with Crippen molar-refractivity contribution in [1.29, 1.82) is 0 Å². The maximum atomic E-state index is 5.85. The van der Waals surface area contributed by atoms with Crippen molar-refractivity contribution in [2.75, 3.05) is 20.2 Å². The fraction of sp³-hybridized carbons (Fsp3) is 0.400. The van der Waals surface area contributed by atoms with Gasteiger partial charge in [0.2, 0.25) is 0 Å². The molecule has 0 bridgehead atoms. The van der Waals surface area contributed by atoms with Gasteiger partial charge in [-0.15, -0.1) is 0 Å². The Balaban J connectivity index is 1.99. The molecule has 1 aromatic carbocycles. The van der Waals surface area contributed by atoms with Gasteiger partial charge in [0, 0.05) is 11.6 Å². The number of hydrogen-bond acceptors (Lipinski definition) is 3. The van der Waals surface area contributed by atoms with Crippen LogP contribution in [0.5, 0.6) is 5.75 Å². The summed E-state index contributed by atoms with van der Waals surface area (Å²) >= 11 is 0. The number of para-hydroxylation sites is 1. The van der Waals surface area contributed by atoms with E-state index in [1.54, 1.807) is 6.20 Å². The zero-order chi connectivity index (χ0) is 12.8. The molecule has 0 aliphatic rings. The highest BCUT2D eigenvalue weighted by molar-refractivity contribution is 5.84. The maximum Gasteiger partial charge on any atom is 0.145 e. The quantitative estimate of drug-likeness (QED) is 0.848. The van der Waals surface area contributed by atoms with Crippen molar-refractivity contribution in [2.45, 2.75) is 13.3 Å². The van der Waals surface area contributed by atoms with E-state index in [2.05, 4.69) is 29.4 Å². The molecule has 96 valence electrons. The lowest BCUT2D eigenvalue weighted by molar-refractivity contribution is 0.285. The van der Waals surface area contributed by atoms with Crippen molar-refractivity contribution in [1.82, 2.24) is 10.3 Å². The Morgan fingerprint density at radius 1 is 1.28 bits per heavy atom. The van der Waals surface area contributed by atoms with E-state index in [0.29, 0.717) is 5.92 Å². The van der Waals surface area contributed by atoms with Crippen LogP contribution in [-0.2, 0) is 0 Å². The minimum absolute atomic E-state index is 0.623. The lowest BCUT2D eigenvalue weighted by Gasteiger charge is -2.12. The molecule has 0 amide bonds. The third-order valence-corrected chi connectivity index (χ3v) is 3.02. The standard InChI is InChI=1S/C15H20N2O/c1-12(11-16-2)8-10-18-14-7-3-5-13-6-4-9-17-15(13)14/h3-7,9,12,16H,8,10-11H2,1-2H3. The number of pyridine rings is 1. The summed E-state index contributed by atoms with van der Waals surface area (Å²) in [7, 11) is 1.98. The van der Waals surface area contributed by atoms with E-state index in [4.69, 9.17) is 4.74 Å². The smallest absolute Gasteiger partial charge is 0.145 e. The Bertz CT molecular complexity index is 493. The summed E-state index contributed by atoms with van der Waals surface area (Å²) in [5.41, 5.74) is 0.946. The fourth-order valence-electron chi connectivity index (χ4n) is 2.01. The number of nitrogens with zero attached hydrogens (tertiary/aromatic N) is 1. The Labute approximate surface area is 108 Å². The molecule has 2 rings (SSSR count). The van der Waals surface area contributed by atoms with E-state index in [1.807, 2.05) is 25.2 Å². The highest BCUT2D eigenvalue weighted by Crippen LogP contribution is 2.23. The summed E-state index contributed by atoms with van der Waals surface area (Å²) in [5, 5.41) is 4.30. The number of ether oxygens (including phenoxy) is 1. The van der Waals surface area contributed by atoms with Crippen LogP contribution in [-0.4, -0.2) is 25.2 Å². The van der Waals surface area contributed by atoms with E-state index in [9.17, 15) is 0 Å². The first-order chi connectivity index (χ1) is 8.81. The topological polar surface area (TPSA) is 34.1 Å². The summed E-state index contributed by atoms with van der Waals surface area (Å²) in [6, 6.07) is 10.0. The summed E-state index contributed by atoms with van der Waals surface area (Å²) in [4.78, 5) is 4.38. The molecule has 0 aliphatic carbocycles. The van der Waals surface area contributed by atoms with Crippen LogP contribution in [0.4, 0.5) is 0 Å². The van der Waals surface area contributed by atoms with Crippen molar-refractivity contribution in [3.8, 4) is 5.75 Å². The number of nitrogens with one attached hydrogen (secondary N) is 1. The van der Waals surface area contributed by atoms with Gasteiger partial charge in [0.05, 0.1) is 6.61 Å². The molecule has 2 aromatic rings. The van der Waals surface area contributed by atoms with Crippen molar-refractivity contribution < 1.29 is 4.74 Å². The molecule has 3 nitrogen and oxygen atoms in total. The lowest BCUT2D eigenvalue weighted by atomic mass is 10.1. The highest BCUT2D eigenvalue weighted by atomic mass is 16.5. The predicted octanol–water partition coefficient (Wildman–Crippen LogP) is 2.86. The van der Waals surface area contributed by atoms with Crippen molar-refractivity contribution in [3.63, 3.8) is 0 Å². The second kappa shape index (κ2) is 6.36. The predicted molar refractivity (Wildman–Crippen MR) is 74.9 cm³/mol. The number of aromatic nitrogens is 1. The van der Waals surface area contributed by atoms with Crippen molar-refractivity contribution in [3.05, 3.63) is 36.5 Å². The van der Waals surface area contributed by atoms with Crippen LogP contribution in [0.2, 0.25) is 0 Å². The van der Waals surface area contributed by atoms with Gasteiger partial charge < -0.3 is 10.1 Å². The van der Waals surface area contributed by atoms with Gasteiger partial charge in [0.25, 0.3) is 0 Å². The Morgan fingerprint density at radius 3 is 2.94 bits per heavy atom. The van der Waals surface area contributed by atoms with Gasteiger partial charge in [-0.05, 0) is 38.1 Å². The lowest BCUT2D eigenvalue weighted by Crippen LogP contribution is -2.18. The Kier molecular flexibility index (Phi) is 4.53. The third-order valence-electron chi connectivity index (χ3n) is 3.02. The third kappa shape index (κ3) is 3.20. The van der Waals surface area contributed by atoms with Gasteiger partial charge in [0.1, 0.15) is 11.3 Å². The van der Waals surface area contributed by atoms with E-state index in [0.717, 1.165) is 36.2 Å². The van der Waals surface area contributed by atoms with Gasteiger partial charge in [0.15, 0.2) is 0 Å². The molecule has 3 heteroatoms. The molecule has 0 saturated heterocycles. The first-order valence-electron chi connectivity index (χ1n) is 6.42. The molecular weight excluding hydrogens is 224 g/mol. The monoisotopic (exact) mass is 244 g/mol. The van der Waals surface area contributed by atoms with Crippen LogP contribution >= 0.6 is 0 Å². The Hall–Kier alpha value is -1.61. The molecule has 0 radical (unpaired) electrons. The second-order valence-electron chi connectivity index (χ2n) is 4.63. The molecule has 0 saturated carbocycles. The van der Waals surface area contributed by atoms with Crippen LogP contribution in [0.1, 0.15) is 13.3 Å². The van der Waals surface area contributed by atoms with E-state index >= 15 is 0 Å². The molecule has 1 N–H and O–H groups in total. The van der Waals surface area contributed by atoms with Crippen LogP contribution in [0, 0.1) is 5.92 Å². The zero-order valence-corrected chi connectivity index (χ0v) is 11.0. The van der Waals surface area contributed by atoms with Crippen molar-refractivity contribution in [2.24, 2.45) is 5.92 Å². The van der Waals surface area contributed by atoms with Gasteiger partial charge in [-0.3, -0.25) is 4.98 Å². The zero-order valence-electron chi connectivity index (χ0n) is 11.0. The largest absolute Gasteiger partial charge is 0.491 e. The average molecular weight is 244 g/mol. The number of benzene rings is 1. The van der Waals surface area contributed by atoms with Crippen LogP contribution in [0.3, 0.4) is 0 Å². The van der Waals surface area contributed by atoms with Crippen LogP contribution in [0.25, 0.3) is 10.9 Å². The number of rotatable bonds is 6. The number of fused-ring (bicyclic) bond motifs is 1. The molecule has 1 heterocycles. The molecule has 1 aromatic heterocycles. The van der Waals surface area contributed by atoms with Crippen molar-refractivity contribution >= 4 is 10.9 Å². The first-order valence-corrected chi connectivity index (χ1v) is 6.42. The van der Waals surface area contributed by atoms with Gasteiger partial charge in [-0.1, -0.05) is 25.1 Å². The minimum atomic E-state index is 0.623. The molecule has 1 unspecified atom stereocenters. The van der Waals surface area contributed by atoms with Gasteiger partial charge in [-0.25, -0.2) is 0 Å². The molecule has 0 fully saturated rings. The summed E-state index contributed by atoms with van der Waals surface area (Å²) in [6.07, 6.45) is 2.85. The summed E-state index contributed by atoms with van der Waals surface area (Å²) in [6.45, 7) is 3.98. The number of hydrogen-bond donors (Lipinski definition) is 1. The summed E-state index contributed by atoms with van der Waals surface area (Å²) < 4.78 is 5.85. The van der Waals surface area contributed by atoms with Crippen LogP contribution < -0.4 is 10.1 Å². The molecule has 18 heavy (non-hydrogen) atoms. The van der Waals surface area contributed by atoms with Gasteiger partial charge in [-0.2, -0.15) is 0 Å². The van der Waals surface area contributed by atoms with Gasteiger partial charge >= 0.3 is 0 Å². The molecule has 0 spiro atoms. The van der Waals surface area contributed by atoms with Crippen LogP contribution in [0.15, 0.2) is 36.5 Å². The maximum absolute atomic E-state index is 5.85. The first kappa shape index (κ1) is 12.8. The SMILES string of the molecule is CNCC(C)CCOc1cccc2cccnc12. The normalized spacial score (nSPS) is 12.6. The second-order valence-corrected chi connectivity index (χ2v) is 4.63.